The Morgan fingerprint density at radius 1 is 1.00 bits per heavy atom. The minimum atomic E-state index is -1.22. The van der Waals surface area contributed by atoms with Gasteiger partial charge in [0, 0.05) is 22.7 Å². The first kappa shape index (κ1) is 18.8. The summed E-state index contributed by atoms with van der Waals surface area (Å²) in [7, 11) is 0. The Morgan fingerprint density at radius 2 is 1.85 bits per heavy atom. The molecule has 0 aliphatic heterocycles. The molecule has 33 heavy (non-hydrogen) atoms. The summed E-state index contributed by atoms with van der Waals surface area (Å²) >= 11 is 0. The second-order valence-electron chi connectivity index (χ2n) is 7.55. The SMILES string of the molecule is O=C(O)c1ccc(-c2c(-c3c[nH]c4ccccc34)c(O)c(O)n2-c2ccc3nc[nH]c3c2)o1. The van der Waals surface area contributed by atoms with Crippen LogP contribution in [0.2, 0.25) is 0 Å². The maximum atomic E-state index is 11.5. The number of aromatic amines is 2. The van der Waals surface area contributed by atoms with Gasteiger partial charge in [0.25, 0.3) is 0 Å². The fraction of sp³-hybridized carbons (Fsp3) is 0. The van der Waals surface area contributed by atoms with E-state index in [0.717, 1.165) is 21.9 Å². The second-order valence-corrected chi connectivity index (χ2v) is 7.55. The van der Waals surface area contributed by atoms with Crippen molar-refractivity contribution in [1.82, 2.24) is 19.5 Å². The van der Waals surface area contributed by atoms with Crippen LogP contribution in [0.1, 0.15) is 10.6 Å². The number of furan rings is 1. The van der Waals surface area contributed by atoms with Crippen LogP contribution in [0, 0.1) is 0 Å². The van der Waals surface area contributed by atoms with Crippen molar-refractivity contribution in [3.05, 3.63) is 72.9 Å². The van der Waals surface area contributed by atoms with Gasteiger partial charge in [0.2, 0.25) is 11.6 Å². The number of hydrogen-bond donors (Lipinski definition) is 5. The van der Waals surface area contributed by atoms with Crippen LogP contribution in [0.25, 0.3) is 50.2 Å². The average molecular weight is 440 g/mol. The summed E-state index contributed by atoms with van der Waals surface area (Å²) in [5, 5.41) is 32.3. The van der Waals surface area contributed by atoms with E-state index in [9.17, 15) is 20.1 Å². The molecule has 0 fully saturated rings. The standard InChI is InChI=1S/C24H16N4O5/c29-22-20(14-10-25-15-4-2-1-3-13(14)15)21(18-7-8-19(33-18)24(31)32)28(23(22)30)12-5-6-16-17(9-12)27-11-26-16/h1-11,25,29-30H,(H,26,27)(H,31,32). The van der Waals surface area contributed by atoms with Crippen molar-refractivity contribution in [2.24, 2.45) is 0 Å². The van der Waals surface area contributed by atoms with Gasteiger partial charge < -0.3 is 29.7 Å². The number of fused-ring (bicyclic) bond motifs is 2. The highest BCUT2D eigenvalue weighted by Crippen LogP contribution is 2.50. The number of rotatable bonds is 4. The molecule has 0 saturated carbocycles. The summed E-state index contributed by atoms with van der Waals surface area (Å²) in [5.41, 5.74) is 4.07. The van der Waals surface area contributed by atoms with E-state index in [1.54, 1.807) is 30.7 Å². The highest BCUT2D eigenvalue weighted by atomic mass is 16.4. The largest absolute Gasteiger partial charge is 0.503 e. The van der Waals surface area contributed by atoms with Crippen molar-refractivity contribution >= 4 is 27.9 Å². The number of hydrogen-bond acceptors (Lipinski definition) is 5. The maximum Gasteiger partial charge on any atom is 0.371 e. The molecule has 0 unspecified atom stereocenters. The first-order valence-corrected chi connectivity index (χ1v) is 10.0. The highest BCUT2D eigenvalue weighted by molar-refractivity contribution is 6.02. The molecule has 0 spiro atoms. The fourth-order valence-electron chi connectivity index (χ4n) is 4.21. The average Bonchev–Trinajstić information content (AvgIpc) is 3.59. The molecule has 0 aliphatic rings. The summed E-state index contributed by atoms with van der Waals surface area (Å²) < 4.78 is 7.04. The van der Waals surface area contributed by atoms with E-state index in [1.807, 2.05) is 24.3 Å². The topological polar surface area (TPSA) is 140 Å². The van der Waals surface area contributed by atoms with Gasteiger partial charge >= 0.3 is 5.97 Å². The Bertz CT molecular complexity index is 1680. The Labute approximate surface area is 185 Å². The minimum absolute atomic E-state index is 0.174. The van der Waals surface area contributed by atoms with Gasteiger partial charge in [-0.15, -0.1) is 0 Å². The number of aromatic carboxylic acids is 1. The molecule has 162 valence electrons. The lowest BCUT2D eigenvalue weighted by Crippen LogP contribution is -1.97. The number of para-hydroxylation sites is 1. The summed E-state index contributed by atoms with van der Waals surface area (Å²) in [5.74, 6) is -2.07. The Balaban J connectivity index is 1.70. The normalized spacial score (nSPS) is 11.5. The quantitative estimate of drug-likeness (QED) is 0.265. The van der Waals surface area contributed by atoms with E-state index in [-0.39, 0.29) is 17.3 Å². The molecule has 4 aromatic heterocycles. The third-order valence-corrected chi connectivity index (χ3v) is 5.69. The van der Waals surface area contributed by atoms with E-state index < -0.39 is 11.8 Å². The predicted octanol–water partition coefficient (Wildman–Crippen LogP) is 4.87. The number of carbonyl (C=O) groups is 1. The van der Waals surface area contributed by atoms with E-state index in [0.29, 0.717) is 22.5 Å². The van der Waals surface area contributed by atoms with Crippen molar-refractivity contribution in [3.8, 4) is 39.9 Å². The Hall–Kier alpha value is -4.92. The van der Waals surface area contributed by atoms with Crippen LogP contribution in [0.3, 0.4) is 0 Å². The molecule has 4 heterocycles. The highest BCUT2D eigenvalue weighted by Gasteiger charge is 2.29. The molecule has 0 radical (unpaired) electrons. The van der Waals surface area contributed by atoms with E-state index in [2.05, 4.69) is 15.0 Å². The van der Waals surface area contributed by atoms with E-state index in [4.69, 9.17) is 4.42 Å². The monoisotopic (exact) mass is 440 g/mol. The molecule has 0 saturated heterocycles. The number of nitrogens with zero attached hydrogens (tertiary/aromatic N) is 2. The molecular formula is C24H16N4O5. The fourth-order valence-corrected chi connectivity index (χ4v) is 4.21. The van der Waals surface area contributed by atoms with Crippen molar-refractivity contribution in [3.63, 3.8) is 0 Å². The number of H-pyrrole nitrogens is 2. The van der Waals surface area contributed by atoms with Crippen LogP contribution in [0.15, 0.2) is 71.5 Å². The van der Waals surface area contributed by atoms with Gasteiger partial charge in [-0.2, -0.15) is 0 Å². The summed E-state index contributed by atoms with van der Waals surface area (Å²) in [6.07, 6.45) is 3.29. The lowest BCUT2D eigenvalue weighted by molar-refractivity contribution is 0.0663. The molecule has 0 aliphatic carbocycles. The minimum Gasteiger partial charge on any atom is -0.503 e. The van der Waals surface area contributed by atoms with Crippen LogP contribution in [0.4, 0.5) is 0 Å². The first-order valence-electron chi connectivity index (χ1n) is 10.0. The number of nitrogens with one attached hydrogen (secondary N) is 2. The van der Waals surface area contributed by atoms with Gasteiger partial charge in [-0.1, -0.05) is 18.2 Å². The van der Waals surface area contributed by atoms with Crippen LogP contribution in [-0.2, 0) is 0 Å². The number of aromatic nitrogens is 4. The van der Waals surface area contributed by atoms with Crippen LogP contribution in [0.5, 0.6) is 11.6 Å². The molecule has 2 aromatic carbocycles. The third kappa shape index (κ3) is 2.72. The smallest absolute Gasteiger partial charge is 0.371 e. The van der Waals surface area contributed by atoms with Crippen LogP contribution < -0.4 is 0 Å². The van der Waals surface area contributed by atoms with Gasteiger partial charge in [-0.3, -0.25) is 4.57 Å². The van der Waals surface area contributed by atoms with Gasteiger partial charge in [0.05, 0.1) is 28.6 Å². The van der Waals surface area contributed by atoms with E-state index in [1.165, 1.54) is 16.7 Å². The zero-order chi connectivity index (χ0) is 22.7. The number of benzene rings is 2. The molecule has 6 rings (SSSR count). The van der Waals surface area contributed by atoms with Crippen molar-refractivity contribution in [1.29, 1.82) is 0 Å². The van der Waals surface area contributed by atoms with Gasteiger partial charge in [0.15, 0.2) is 11.5 Å². The summed E-state index contributed by atoms with van der Waals surface area (Å²) in [6.45, 7) is 0. The predicted molar refractivity (Wildman–Crippen MR) is 121 cm³/mol. The first-order chi connectivity index (χ1) is 16.0. The Morgan fingerprint density at radius 3 is 2.67 bits per heavy atom. The van der Waals surface area contributed by atoms with Crippen molar-refractivity contribution in [2.75, 3.05) is 0 Å². The number of aromatic hydroxyl groups is 2. The van der Waals surface area contributed by atoms with Crippen LogP contribution >= 0.6 is 0 Å². The molecule has 0 bridgehead atoms. The Kier molecular flexibility index (Phi) is 3.87. The second kappa shape index (κ2) is 6.79. The molecule has 6 aromatic rings. The number of imidazole rings is 1. The van der Waals surface area contributed by atoms with Gasteiger partial charge in [-0.25, -0.2) is 9.78 Å². The third-order valence-electron chi connectivity index (χ3n) is 5.69. The number of carboxylic acids is 1. The molecular weight excluding hydrogens is 424 g/mol. The summed E-state index contributed by atoms with van der Waals surface area (Å²) in [4.78, 5) is 21.9. The molecule has 0 amide bonds. The van der Waals surface area contributed by atoms with Crippen LogP contribution in [-0.4, -0.2) is 40.8 Å². The maximum absolute atomic E-state index is 11.5. The lowest BCUT2D eigenvalue weighted by atomic mass is 10.0. The van der Waals surface area contributed by atoms with Crippen molar-refractivity contribution < 1.29 is 24.5 Å². The molecule has 9 nitrogen and oxygen atoms in total. The zero-order valence-electron chi connectivity index (χ0n) is 16.9. The zero-order valence-corrected chi connectivity index (χ0v) is 16.9. The molecule has 9 heteroatoms. The summed E-state index contributed by atoms with van der Waals surface area (Å²) in [6, 6.07) is 15.7. The van der Waals surface area contributed by atoms with Gasteiger partial charge in [-0.05, 0) is 36.4 Å². The lowest BCUT2D eigenvalue weighted by Gasteiger charge is -2.10. The molecule has 0 atom stereocenters. The molecule has 5 N–H and O–H groups in total. The van der Waals surface area contributed by atoms with Crippen molar-refractivity contribution in [2.45, 2.75) is 0 Å². The van der Waals surface area contributed by atoms with E-state index >= 15 is 0 Å². The van der Waals surface area contributed by atoms with Gasteiger partial charge in [0.1, 0.15) is 5.69 Å². The number of carboxylic acid groups (broad SMARTS) is 1.